The summed E-state index contributed by atoms with van der Waals surface area (Å²) in [6.07, 6.45) is 0.833. The minimum atomic E-state index is -0.0402. The SMILES string of the molecule is CN1CCN(c2ccc(CCNC(=O)c3ccccc3Br)cc2)CC1. The largest absolute Gasteiger partial charge is 0.369 e. The van der Waals surface area contributed by atoms with Crippen LogP contribution in [0.1, 0.15) is 15.9 Å². The van der Waals surface area contributed by atoms with Crippen molar-refractivity contribution in [1.82, 2.24) is 10.2 Å². The summed E-state index contributed by atoms with van der Waals surface area (Å²) in [6.45, 7) is 5.02. The van der Waals surface area contributed by atoms with Gasteiger partial charge >= 0.3 is 0 Å². The van der Waals surface area contributed by atoms with Gasteiger partial charge in [0.05, 0.1) is 5.56 Å². The molecule has 2 aromatic carbocycles. The Morgan fingerprint density at radius 1 is 1.04 bits per heavy atom. The zero-order chi connectivity index (χ0) is 17.6. The van der Waals surface area contributed by atoms with Gasteiger partial charge in [-0.1, -0.05) is 24.3 Å². The molecule has 5 heteroatoms. The molecule has 1 saturated heterocycles. The lowest BCUT2D eigenvalue weighted by atomic mass is 10.1. The van der Waals surface area contributed by atoms with E-state index in [1.54, 1.807) is 0 Å². The van der Waals surface area contributed by atoms with Gasteiger partial charge in [0.1, 0.15) is 0 Å². The zero-order valence-electron chi connectivity index (χ0n) is 14.5. The monoisotopic (exact) mass is 401 g/mol. The van der Waals surface area contributed by atoms with E-state index >= 15 is 0 Å². The highest BCUT2D eigenvalue weighted by molar-refractivity contribution is 9.10. The van der Waals surface area contributed by atoms with Crippen LogP contribution in [0.25, 0.3) is 0 Å². The van der Waals surface area contributed by atoms with Crippen LogP contribution in [0.15, 0.2) is 53.0 Å². The van der Waals surface area contributed by atoms with Crippen molar-refractivity contribution < 1.29 is 4.79 Å². The number of amides is 1. The summed E-state index contributed by atoms with van der Waals surface area (Å²) >= 11 is 3.41. The second-order valence-electron chi connectivity index (χ2n) is 6.44. The van der Waals surface area contributed by atoms with Crippen LogP contribution in [-0.4, -0.2) is 50.6 Å². The Morgan fingerprint density at radius 2 is 1.72 bits per heavy atom. The molecule has 3 rings (SSSR count). The third-order valence-electron chi connectivity index (χ3n) is 4.62. The maximum Gasteiger partial charge on any atom is 0.252 e. The molecule has 0 spiro atoms. The average Bonchev–Trinajstić information content (AvgIpc) is 2.63. The van der Waals surface area contributed by atoms with Gasteiger partial charge < -0.3 is 15.1 Å². The van der Waals surface area contributed by atoms with Gasteiger partial charge in [-0.2, -0.15) is 0 Å². The van der Waals surface area contributed by atoms with Gasteiger partial charge in [0.15, 0.2) is 0 Å². The minimum Gasteiger partial charge on any atom is -0.369 e. The molecule has 132 valence electrons. The molecule has 0 aliphatic carbocycles. The standard InChI is InChI=1S/C20H24BrN3O/c1-23-12-14-24(15-13-23)17-8-6-16(7-9-17)10-11-22-20(25)18-4-2-3-5-19(18)21/h2-9H,10-15H2,1H3,(H,22,25). The fourth-order valence-corrected chi connectivity index (χ4v) is 3.46. The molecule has 0 atom stereocenters. The number of nitrogens with one attached hydrogen (secondary N) is 1. The second kappa shape index (κ2) is 8.50. The first-order valence-electron chi connectivity index (χ1n) is 8.68. The number of likely N-dealkylation sites (N-methyl/N-ethyl adjacent to an activating group) is 1. The maximum atomic E-state index is 12.2. The van der Waals surface area contributed by atoms with E-state index in [2.05, 4.69) is 62.4 Å². The van der Waals surface area contributed by atoms with Crippen LogP contribution in [0.2, 0.25) is 0 Å². The summed E-state index contributed by atoms with van der Waals surface area (Å²) < 4.78 is 0.823. The molecule has 0 radical (unpaired) electrons. The van der Waals surface area contributed by atoms with Crippen LogP contribution in [-0.2, 0) is 6.42 Å². The van der Waals surface area contributed by atoms with Crippen molar-refractivity contribution in [1.29, 1.82) is 0 Å². The van der Waals surface area contributed by atoms with Crippen LogP contribution >= 0.6 is 15.9 Å². The van der Waals surface area contributed by atoms with E-state index in [-0.39, 0.29) is 5.91 Å². The molecular weight excluding hydrogens is 378 g/mol. The topological polar surface area (TPSA) is 35.6 Å². The van der Waals surface area contributed by atoms with Gasteiger partial charge in [0.25, 0.3) is 5.91 Å². The summed E-state index contributed by atoms with van der Waals surface area (Å²) in [5, 5.41) is 2.99. The zero-order valence-corrected chi connectivity index (χ0v) is 16.1. The third kappa shape index (κ3) is 4.83. The first kappa shape index (κ1) is 18.0. The van der Waals surface area contributed by atoms with Crippen molar-refractivity contribution >= 4 is 27.5 Å². The molecule has 1 amide bonds. The Balaban J connectivity index is 1.49. The van der Waals surface area contributed by atoms with Crippen molar-refractivity contribution in [2.24, 2.45) is 0 Å². The lowest BCUT2D eigenvalue weighted by Crippen LogP contribution is -2.44. The fourth-order valence-electron chi connectivity index (χ4n) is 3.00. The number of nitrogens with zero attached hydrogens (tertiary/aromatic N) is 2. The highest BCUT2D eigenvalue weighted by Crippen LogP contribution is 2.18. The minimum absolute atomic E-state index is 0.0402. The summed E-state index contributed by atoms with van der Waals surface area (Å²) in [4.78, 5) is 17.0. The Hall–Kier alpha value is -1.85. The Morgan fingerprint density at radius 3 is 2.40 bits per heavy atom. The molecule has 0 unspecified atom stereocenters. The molecule has 1 fully saturated rings. The van der Waals surface area contributed by atoms with Crippen molar-refractivity contribution in [3.05, 3.63) is 64.1 Å². The van der Waals surface area contributed by atoms with E-state index < -0.39 is 0 Å². The summed E-state index contributed by atoms with van der Waals surface area (Å²) in [5.74, 6) is -0.0402. The van der Waals surface area contributed by atoms with Crippen molar-refractivity contribution in [3.8, 4) is 0 Å². The van der Waals surface area contributed by atoms with Gasteiger partial charge in [-0.3, -0.25) is 4.79 Å². The molecule has 1 aliphatic rings. The number of rotatable bonds is 5. The van der Waals surface area contributed by atoms with Gasteiger partial charge in [-0.05, 0) is 59.2 Å². The van der Waals surface area contributed by atoms with E-state index in [4.69, 9.17) is 0 Å². The number of carbonyl (C=O) groups is 1. The average molecular weight is 402 g/mol. The van der Waals surface area contributed by atoms with Crippen molar-refractivity contribution in [2.45, 2.75) is 6.42 Å². The molecule has 1 N–H and O–H groups in total. The quantitative estimate of drug-likeness (QED) is 0.835. The molecular formula is C20H24BrN3O. The molecule has 0 bridgehead atoms. The lowest BCUT2D eigenvalue weighted by Gasteiger charge is -2.34. The number of carbonyl (C=O) groups excluding carboxylic acids is 1. The molecule has 0 aromatic heterocycles. The van der Waals surface area contributed by atoms with Crippen LogP contribution in [0.3, 0.4) is 0 Å². The fraction of sp³-hybridized carbons (Fsp3) is 0.350. The Bertz CT molecular complexity index is 709. The lowest BCUT2D eigenvalue weighted by molar-refractivity contribution is 0.0953. The van der Waals surface area contributed by atoms with Crippen LogP contribution in [0.5, 0.6) is 0 Å². The Labute approximate surface area is 158 Å². The molecule has 2 aromatic rings. The van der Waals surface area contributed by atoms with E-state index in [0.29, 0.717) is 12.1 Å². The van der Waals surface area contributed by atoms with Crippen LogP contribution in [0.4, 0.5) is 5.69 Å². The van der Waals surface area contributed by atoms with E-state index in [1.165, 1.54) is 11.3 Å². The smallest absolute Gasteiger partial charge is 0.252 e. The first-order valence-corrected chi connectivity index (χ1v) is 9.48. The normalized spacial score (nSPS) is 15.2. The highest BCUT2D eigenvalue weighted by Gasteiger charge is 2.14. The number of benzene rings is 2. The third-order valence-corrected chi connectivity index (χ3v) is 5.31. The van der Waals surface area contributed by atoms with Crippen LogP contribution < -0.4 is 10.2 Å². The van der Waals surface area contributed by atoms with Gasteiger partial charge in [-0.15, -0.1) is 0 Å². The first-order chi connectivity index (χ1) is 12.1. The maximum absolute atomic E-state index is 12.2. The summed E-state index contributed by atoms with van der Waals surface area (Å²) in [5.41, 5.74) is 3.20. The molecule has 4 nitrogen and oxygen atoms in total. The highest BCUT2D eigenvalue weighted by atomic mass is 79.9. The predicted octanol–water partition coefficient (Wildman–Crippen LogP) is 3.17. The number of hydrogen-bond donors (Lipinski definition) is 1. The van der Waals surface area contributed by atoms with E-state index in [9.17, 15) is 4.79 Å². The number of anilines is 1. The summed E-state index contributed by atoms with van der Waals surface area (Å²) in [6, 6.07) is 16.2. The predicted molar refractivity (Wildman–Crippen MR) is 106 cm³/mol. The molecule has 1 aliphatic heterocycles. The number of hydrogen-bond acceptors (Lipinski definition) is 3. The number of piperazine rings is 1. The Kier molecular flexibility index (Phi) is 6.10. The van der Waals surface area contributed by atoms with Gasteiger partial charge in [-0.25, -0.2) is 0 Å². The molecule has 0 saturated carbocycles. The summed E-state index contributed by atoms with van der Waals surface area (Å²) in [7, 11) is 2.17. The van der Waals surface area contributed by atoms with Crippen molar-refractivity contribution in [2.75, 3.05) is 44.7 Å². The van der Waals surface area contributed by atoms with Gasteiger partial charge in [0.2, 0.25) is 0 Å². The second-order valence-corrected chi connectivity index (χ2v) is 7.30. The molecule has 25 heavy (non-hydrogen) atoms. The van der Waals surface area contributed by atoms with Crippen molar-refractivity contribution in [3.63, 3.8) is 0 Å². The number of halogens is 1. The van der Waals surface area contributed by atoms with Crippen LogP contribution in [0, 0.1) is 0 Å². The molecule has 1 heterocycles. The van der Waals surface area contributed by atoms with E-state index in [1.807, 2.05) is 24.3 Å². The van der Waals surface area contributed by atoms with Gasteiger partial charge in [0, 0.05) is 42.9 Å². The van der Waals surface area contributed by atoms with E-state index in [0.717, 1.165) is 37.1 Å².